The van der Waals surface area contributed by atoms with Gasteiger partial charge in [-0.25, -0.2) is 0 Å². The topological polar surface area (TPSA) is 348 Å². The van der Waals surface area contributed by atoms with Crippen LogP contribution in [-0.2, 0) is 43.2 Å². The molecule has 21 nitrogen and oxygen atoms in total. The Labute approximate surface area is 333 Å². The number of unbranched alkanes of at least 4 members (excludes halogenated alkanes) is 1. The van der Waals surface area contributed by atoms with Crippen LogP contribution in [0.5, 0.6) is 0 Å². The molecule has 1 rings (SSSR count). The fraction of sp³-hybridized carbons (Fsp3) is 0.750. The zero-order chi connectivity index (χ0) is 43.6. The van der Waals surface area contributed by atoms with Crippen LogP contribution in [0.4, 0.5) is 0 Å². The summed E-state index contributed by atoms with van der Waals surface area (Å²) >= 11 is 0. The monoisotopic (exact) mass is 812 g/mol. The zero-order valence-electron chi connectivity index (χ0n) is 33.8. The summed E-state index contributed by atoms with van der Waals surface area (Å²) in [6.07, 6.45) is 0.177. The number of carbonyl (C=O) groups is 9. The Morgan fingerprint density at radius 2 is 1.32 bits per heavy atom. The van der Waals surface area contributed by atoms with Gasteiger partial charge in [-0.3, -0.25) is 43.2 Å². The van der Waals surface area contributed by atoms with Gasteiger partial charge in [0, 0.05) is 6.54 Å². The molecule has 0 saturated carbocycles. The minimum absolute atomic E-state index is 0.0905. The van der Waals surface area contributed by atoms with Crippen LogP contribution in [0, 0.1) is 11.8 Å². The number of nitrogens with two attached hydrogens (primary N) is 3. The lowest BCUT2D eigenvalue weighted by molar-refractivity contribution is -0.142. The van der Waals surface area contributed by atoms with E-state index in [1.54, 1.807) is 27.7 Å². The largest absolute Gasteiger partial charge is 0.480 e. The lowest BCUT2D eigenvalue weighted by Gasteiger charge is -2.30. The standard InChI is InChI=1S/C36H64N10O11/c1-18(2)14-24(30(50)40-17-28(49)42-23(10-7-8-12-37)31(51)41-20(5)36(56)57)43-32(52)25(15-19(3)4)44-34(54)29(21(6)47)45-33(53)26-11-9-13-46(26)35(55)22(38)16-27(39)48/h18-26,29,47H,7-17,37-38H2,1-6H3,(H2,39,48)(H,40,50)(H,41,51)(H,42,49)(H,43,52)(H,44,54)(H,45,53)(H,56,57)/t20-,21+,22-,23-,24-,25-,26-,29-/m0/s1. The summed E-state index contributed by atoms with van der Waals surface area (Å²) in [7, 11) is 0. The fourth-order valence-corrected chi connectivity index (χ4v) is 6.09. The van der Waals surface area contributed by atoms with Crippen LogP contribution >= 0.6 is 0 Å². The number of nitrogens with zero attached hydrogens (tertiary/aromatic N) is 1. The smallest absolute Gasteiger partial charge is 0.325 e. The number of likely N-dealkylation sites (tertiary alicyclic amines) is 1. The van der Waals surface area contributed by atoms with Crippen LogP contribution in [0.25, 0.3) is 0 Å². The van der Waals surface area contributed by atoms with Crippen LogP contribution in [0.1, 0.15) is 92.9 Å². The normalized spacial score (nSPS) is 17.6. The molecule has 0 radical (unpaired) electrons. The van der Waals surface area contributed by atoms with Gasteiger partial charge in [0.25, 0.3) is 0 Å². The first-order valence-electron chi connectivity index (χ1n) is 19.3. The number of amides is 8. The highest BCUT2D eigenvalue weighted by Crippen LogP contribution is 2.19. The molecule has 1 fully saturated rings. The Morgan fingerprint density at radius 1 is 0.754 bits per heavy atom. The van der Waals surface area contributed by atoms with Gasteiger partial charge in [0.1, 0.15) is 36.3 Å². The van der Waals surface area contributed by atoms with Gasteiger partial charge in [-0.15, -0.1) is 0 Å². The summed E-state index contributed by atoms with van der Waals surface area (Å²) in [6, 6.07) is -8.59. The molecule has 1 saturated heterocycles. The van der Waals surface area contributed by atoms with Gasteiger partial charge < -0.3 is 64.2 Å². The van der Waals surface area contributed by atoms with Crippen LogP contribution in [0.3, 0.4) is 0 Å². The van der Waals surface area contributed by atoms with E-state index in [0.717, 1.165) is 0 Å². The highest BCUT2D eigenvalue weighted by atomic mass is 16.4. The molecule has 1 aliphatic heterocycles. The highest BCUT2D eigenvalue weighted by Gasteiger charge is 2.39. The summed E-state index contributed by atoms with van der Waals surface area (Å²) < 4.78 is 0. The third-order valence-electron chi connectivity index (χ3n) is 9.07. The number of primary amides is 1. The number of aliphatic hydroxyl groups is 1. The summed E-state index contributed by atoms with van der Waals surface area (Å²) in [6.45, 7) is 9.64. The molecule has 21 heteroatoms. The van der Waals surface area contributed by atoms with Crippen molar-refractivity contribution in [2.24, 2.45) is 29.0 Å². The van der Waals surface area contributed by atoms with Crippen LogP contribution in [0.15, 0.2) is 0 Å². The minimum Gasteiger partial charge on any atom is -0.480 e. The molecule has 0 unspecified atom stereocenters. The van der Waals surface area contributed by atoms with E-state index in [2.05, 4.69) is 31.9 Å². The number of carboxylic acids is 1. The molecule has 324 valence electrons. The number of hydrogen-bond acceptors (Lipinski definition) is 12. The molecular formula is C36H64N10O11. The van der Waals surface area contributed by atoms with Gasteiger partial charge in [0.15, 0.2) is 0 Å². The van der Waals surface area contributed by atoms with Crippen molar-refractivity contribution in [3.63, 3.8) is 0 Å². The van der Waals surface area contributed by atoms with Crippen molar-refractivity contribution in [2.45, 2.75) is 141 Å². The van der Waals surface area contributed by atoms with Gasteiger partial charge in [0.05, 0.1) is 25.1 Å². The lowest BCUT2D eigenvalue weighted by atomic mass is 9.99. The predicted molar refractivity (Wildman–Crippen MR) is 206 cm³/mol. The van der Waals surface area contributed by atoms with E-state index in [1.165, 1.54) is 18.7 Å². The first-order chi connectivity index (χ1) is 26.6. The average molecular weight is 813 g/mol. The van der Waals surface area contributed by atoms with E-state index < -0.39 is 115 Å². The molecule has 0 aromatic carbocycles. The maximum absolute atomic E-state index is 13.7. The second-order valence-electron chi connectivity index (χ2n) is 15.3. The summed E-state index contributed by atoms with van der Waals surface area (Å²) in [5.74, 6) is -7.63. The van der Waals surface area contributed by atoms with Crippen molar-refractivity contribution < 1.29 is 53.4 Å². The first kappa shape index (κ1) is 50.1. The Kier molecular flexibility index (Phi) is 21.7. The van der Waals surface area contributed by atoms with Crippen molar-refractivity contribution in [3.05, 3.63) is 0 Å². The number of nitrogens with one attached hydrogen (secondary N) is 6. The van der Waals surface area contributed by atoms with E-state index >= 15 is 0 Å². The quantitative estimate of drug-likeness (QED) is 0.0398. The molecule has 14 N–H and O–H groups in total. The number of hydrogen-bond donors (Lipinski definition) is 11. The summed E-state index contributed by atoms with van der Waals surface area (Å²) in [4.78, 5) is 116. The van der Waals surface area contributed by atoms with E-state index in [1.807, 2.05) is 0 Å². The maximum Gasteiger partial charge on any atom is 0.325 e. The number of rotatable bonds is 25. The Morgan fingerprint density at radius 3 is 1.84 bits per heavy atom. The van der Waals surface area contributed by atoms with Crippen LogP contribution in [0.2, 0.25) is 0 Å². The molecule has 8 amide bonds. The molecule has 0 spiro atoms. The molecular weight excluding hydrogens is 748 g/mol. The predicted octanol–water partition coefficient (Wildman–Crippen LogP) is -3.57. The van der Waals surface area contributed by atoms with Crippen molar-refractivity contribution in [1.82, 2.24) is 36.8 Å². The van der Waals surface area contributed by atoms with Crippen molar-refractivity contribution in [3.8, 4) is 0 Å². The Hall–Kier alpha value is -4.89. The third kappa shape index (κ3) is 17.8. The molecule has 1 aliphatic rings. The second kappa shape index (κ2) is 24.7. The van der Waals surface area contributed by atoms with Gasteiger partial charge in [-0.1, -0.05) is 27.7 Å². The maximum atomic E-state index is 13.7. The van der Waals surface area contributed by atoms with Gasteiger partial charge in [-0.05, 0) is 77.2 Å². The Balaban J connectivity index is 3.08. The van der Waals surface area contributed by atoms with E-state index in [4.69, 9.17) is 22.3 Å². The number of aliphatic carboxylic acids is 1. The van der Waals surface area contributed by atoms with Gasteiger partial charge >= 0.3 is 5.97 Å². The fourth-order valence-electron chi connectivity index (χ4n) is 6.09. The van der Waals surface area contributed by atoms with Crippen molar-refractivity contribution in [1.29, 1.82) is 0 Å². The van der Waals surface area contributed by atoms with E-state index in [0.29, 0.717) is 25.8 Å². The molecule has 0 aromatic rings. The summed E-state index contributed by atoms with van der Waals surface area (Å²) in [5, 5.41) is 34.6. The lowest BCUT2D eigenvalue weighted by Crippen LogP contribution is -2.61. The highest BCUT2D eigenvalue weighted by molar-refractivity contribution is 5.97. The van der Waals surface area contributed by atoms with Gasteiger partial charge in [0.2, 0.25) is 47.3 Å². The number of carboxylic acid groups (broad SMARTS) is 1. The van der Waals surface area contributed by atoms with Crippen LogP contribution in [-0.4, -0.2) is 136 Å². The number of aliphatic hydroxyl groups excluding tert-OH is 1. The third-order valence-corrected chi connectivity index (χ3v) is 9.07. The van der Waals surface area contributed by atoms with E-state index in [9.17, 15) is 48.3 Å². The zero-order valence-corrected chi connectivity index (χ0v) is 33.8. The first-order valence-corrected chi connectivity index (χ1v) is 19.3. The molecule has 0 bridgehead atoms. The van der Waals surface area contributed by atoms with Crippen molar-refractivity contribution in [2.75, 3.05) is 19.6 Å². The van der Waals surface area contributed by atoms with Gasteiger partial charge in [-0.2, -0.15) is 0 Å². The second-order valence-corrected chi connectivity index (χ2v) is 15.3. The van der Waals surface area contributed by atoms with Crippen molar-refractivity contribution >= 4 is 53.2 Å². The molecule has 1 heterocycles. The SMILES string of the molecule is CC(C)C[C@H](NC(=O)[C@H](CC(C)C)NC(=O)[C@@H](NC(=O)[C@@H]1CCCN1C(=O)[C@@H](N)CC(N)=O)[C@@H](C)O)C(=O)NCC(=O)N[C@@H](CCCCN)C(=O)N[C@@H](C)C(=O)O. The molecule has 0 aromatic heterocycles. The Bertz CT molecular complexity index is 1430. The average Bonchev–Trinajstić information content (AvgIpc) is 3.60. The molecule has 0 aliphatic carbocycles. The van der Waals surface area contributed by atoms with Crippen LogP contribution < -0.4 is 49.1 Å². The van der Waals surface area contributed by atoms with E-state index in [-0.39, 0.29) is 44.1 Å². The summed E-state index contributed by atoms with van der Waals surface area (Å²) in [5.41, 5.74) is 16.5. The molecule has 8 atom stereocenters. The minimum atomic E-state index is -1.56. The molecule has 57 heavy (non-hydrogen) atoms. The number of carbonyl (C=O) groups excluding carboxylic acids is 8.